The molecule has 17 heavy (non-hydrogen) atoms. The van der Waals surface area contributed by atoms with E-state index >= 15 is 0 Å². The summed E-state index contributed by atoms with van der Waals surface area (Å²) in [6.07, 6.45) is 6.59. The maximum atomic E-state index is 11.7. The van der Waals surface area contributed by atoms with Crippen molar-refractivity contribution in [2.45, 2.75) is 52.9 Å². The molecule has 0 radical (unpaired) electrons. The molecule has 2 amide bonds. The van der Waals surface area contributed by atoms with E-state index < -0.39 is 0 Å². The van der Waals surface area contributed by atoms with Crippen LogP contribution in [0.1, 0.15) is 52.9 Å². The van der Waals surface area contributed by atoms with E-state index in [9.17, 15) is 4.79 Å². The van der Waals surface area contributed by atoms with Gasteiger partial charge in [0.15, 0.2) is 0 Å². The van der Waals surface area contributed by atoms with Crippen molar-refractivity contribution in [2.75, 3.05) is 19.6 Å². The van der Waals surface area contributed by atoms with Gasteiger partial charge in [0.1, 0.15) is 0 Å². The third kappa shape index (κ3) is 4.97. The van der Waals surface area contributed by atoms with Gasteiger partial charge < -0.3 is 10.2 Å². The van der Waals surface area contributed by atoms with Gasteiger partial charge in [-0.15, -0.1) is 0 Å². The van der Waals surface area contributed by atoms with Gasteiger partial charge in [-0.25, -0.2) is 4.79 Å². The topological polar surface area (TPSA) is 32.3 Å². The van der Waals surface area contributed by atoms with Gasteiger partial charge in [0.05, 0.1) is 0 Å². The van der Waals surface area contributed by atoms with E-state index in [-0.39, 0.29) is 6.03 Å². The molecule has 1 saturated carbocycles. The van der Waals surface area contributed by atoms with Crippen LogP contribution < -0.4 is 5.32 Å². The van der Waals surface area contributed by atoms with Crippen molar-refractivity contribution < 1.29 is 4.79 Å². The van der Waals surface area contributed by atoms with Crippen LogP contribution in [0.15, 0.2) is 0 Å². The van der Waals surface area contributed by atoms with Gasteiger partial charge in [0.25, 0.3) is 0 Å². The minimum absolute atomic E-state index is 0.0965. The lowest BCUT2D eigenvalue weighted by Gasteiger charge is -2.26. The van der Waals surface area contributed by atoms with Gasteiger partial charge in [0.2, 0.25) is 0 Å². The molecule has 100 valence electrons. The highest BCUT2D eigenvalue weighted by molar-refractivity contribution is 5.73. The van der Waals surface area contributed by atoms with Crippen LogP contribution in [-0.2, 0) is 0 Å². The molecule has 0 spiro atoms. The molecular formula is C14H28N2O. The number of hydrogen-bond acceptors (Lipinski definition) is 1. The molecule has 1 rings (SSSR count). The molecule has 1 aliphatic carbocycles. The summed E-state index contributed by atoms with van der Waals surface area (Å²) in [4.78, 5) is 13.6. The predicted molar refractivity (Wildman–Crippen MR) is 72.1 cm³/mol. The van der Waals surface area contributed by atoms with Crippen molar-refractivity contribution in [2.24, 2.45) is 11.8 Å². The third-order valence-electron chi connectivity index (χ3n) is 4.01. The molecule has 1 fully saturated rings. The Bertz CT molecular complexity index is 218. The fourth-order valence-corrected chi connectivity index (χ4v) is 2.62. The van der Waals surface area contributed by atoms with E-state index in [2.05, 4.69) is 12.2 Å². The first kappa shape index (κ1) is 14.3. The molecule has 0 bridgehead atoms. The van der Waals surface area contributed by atoms with Crippen molar-refractivity contribution in [1.82, 2.24) is 10.2 Å². The minimum Gasteiger partial charge on any atom is -0.338 e. The summed E-state index contributed by atoms with van der Waals surface area (Å²) in [5.74, 6) is 1.75. The highest BCUT2D eigenvalue weighted by atomic mass is 16.2. The van der Waals surface area contributed by atoms with Crippen LogP contribution >= 0.6 is 0 Å². The standard InChI is InChI=1S/C14H28N2O/c1-4-16(5-2)14(17)15-11-10-13-8-6-12(3)7-9-13/h12-13H,4-11H2,1-3H3,(H,15,17). The summed E-state index contributed by atoms with van der Waals surface area (Å²) in [6.45, 7) is 8.82. The van der Waals surface area contributed by atoms with Gasteiger partial charge >= 0.3 is 6.03 Å². The van der Waals surface area contributed by atoms with Crippen LogP contribution in [0.5, 0.6) is 0 Å². The first-order chi connectivity index (χ1) is 8.17. The van der Waals surface area contributed by atoms with Gasteiger partial charge in [-0.3, -0.25) is 0 Å². The molecule has 0 atom stereocenters. The summed E-state index contributed by atoms with van der Waals surface area (Å²) in [7, 11) is 0. The van der Waals surface area contributed by atoms with Crippen molar-refractivity contribution >= 4 is 6.03 Å². The molecule has 0 heterocycles. The van der Waals surface area contributed by atoms with Crippen LogP contribution in [0, 0.1) is 11.8 Å². The van der Waals surface area contributed by atoms with E-state index in [4.69, 9.17) is 0 Å². The molecule has 0 aliphatic heterocycles. The summed E-state index contributed by atoms with van der Waals surface area (Å²) in [6, 6.07) is 0.0965. The fraction of sp³-hybridized carbons (Fsp3) is 0.929. The number of nitrogens with zero attached hydrogens (tertiary/aromatic N) is 1. The summed E-state index contributed by atoms with van der Waals surface area (Å²) in [5, 5.41) is 3.03. The largest absolute Gasteiger partial charge is 0.338 e. The maximum Gasteiger partial charge on any atom is 0.317 e. The van der Waals surface area contributed by atoms with Crippen molar-refractivity contribution in [1.29, 1.82) is 0 Å². The lowest BCUT2D eigenvalue weighted by molar-refractivity contribution is 0.201. The summed E-state index contributed by atoms with van der Waals surface area (Å²) >= 11 is 0. The Morgan fingerprint density at radius 1 is 1.18 bits per heavy atom. The zero-order valence-electron chi connectivity index (χ0n) is 11.7. The number of carbonyl (C=O) groups excluding carboxylic acids is 1. The molecule has 0 saturated heterocycles. The third-order valence-corrected chi connectivity index (χ3v) is 4.01. The second kappa shape index (κ2) is 7.57. The van der Waals surface area contributed by atoms with Crippen molar-refractivity contribution in [3.05, 3.63) is 0 Å². The van der Waals surface area contributed by atoms with E-state index in [1.54, 1.807) is 0 Å². The summed E-state index contributed by atoms with van der Waals surface area (Å²) < 4.78 is 0. The van der Waals surface area contributed by atoms with Crippen molar-refractivity contribution in [3.8, 4) is 0 Å². The van der Waals surface area contributed by atoms with E-state index in [1.807, 2.05) is 18.7 Å². The van der Waals surface area contributed by atoms with Crippen LogP contribution in [0.4, 0.5) is 4.79 Å². The van der Waals surface area contributed by atoms with Gasteiger partial charge in [-0.1, -0.05) is 32.6 Å². The van der Waals surface area contributed by atoms with Crippen LogP contribution in [-0.4, -0.2) is 30.6 Å². The Morgan fingerprint density at radius 3 is 2.29 bits per heavy atom. The quantitative estimate of drug-likeness (QED) is 0.786. The average molecular weight is 240 g/mol. The minimum atomic E-state index is 0.0965. The first-order valence-electron chi connectivity index (χ1n) is 7.20. The number of carbonyl (C=O) groups is 1. The predicted octanol–water partition coefficient (Wildman–Crippen LogP) is 3.25. The van der Waals surface area contributed by atoms with Crippen LogP contribution in [0.3, 0.4) is 0 Å². The van der Waals surface area contributed by atoms with E-state index in [1.165, 1.54) is 25.7 Å². The Morgan fingerprint density at radius 2 is 1.76 bits per heavy atom. The number of urea groups is 1. The number of hydrogen-bond donors (Lipinski definition) is 1. The highest BCUT2D eigenvalue weighted by Crippen LogP contribution is 2.29. The molecule has 0 aromatic carbocycles. The molecule has 0 aromatic rings. The SMILES string of the molecule is CCN(CC)C(=O)NCCC1CCC(C)CC1. The molecule has 1 N–H and O–H groups in total. The molecule has 3 heteroatoms. The van der Waals surface area contributed by atoms with Crippen LogP contribution in [0.2, 0.25) is 0 Å². The lowest BCUT2D eigenvalue weighted by Crippen LogP contribution is -2.40. The molecule has 0 unspecified atom stereocenters. The second-order valence-corrected chi connectivity index (χ2v) is 5.32. The molecule has 3 nitrogen and oxygen atoms in total. The molecular weight excluding hydrogens is 212 g/mol. The Hall–Kier alpha value is -0.730. The van der Waals surface area contributed by atoms with Crippen LogP contribution in [0.25, 0.3) is 0 Å². The number of rotatable bonds is 5. The van der Waals surface area contributed by atoms with Gasteiger partial charge in [-0.2, -0.15) is 0 Å². The Balaban J connectivity index is 2.13. The zero-order chi connectivity index (χ0) is 12.7. The number of amides is 2. The Labute approximate surface area is 106 Å². The number of nitrogens with one attached hydrogen (secondary N) is 1. The maximum absolute atomic E-state index is 11.7. The van der Waals surface area contributed by atoms with Gasteiger partial charge in [-0.05, 0) is 32.1 Å². The average Bonchev–Trinajstić information content (AvgIpc) is 2.33. The second-order valence-electron chi connectivity index (χ2n) is 5.32. The Kier molecular flexibility index (Phi) is 6.38. The van der Waals surface area contributed by atoms with E-state index in [0.29, 0.717) is 0 Å². The zero-order valence-corrected chi connectivity index (χ0v) is 11.7. The van der Waals surface area contributed by atoms with Crippen molar-refractivity contribution in [3.63, 3.8) is 0 Å². The monoisotopic (exact) mass is 240 g/mol. The molecule has 0 aromatic heterocycles. The summed E-state index contributed by atoms with van der Waals surface area (Å²) in [5.41, 5.74) is 0. The van der Waals surface area contributed by atoms with Gasteiger partial charge in [0, 0.05) is 19.6 Å². The first-order valence-corrected chi connectivity index (χ1v) is 7.20. The smallest absolute Gasteiger partial charge is 0.317 e. The fourth-order valence-electron chi connectivity index (χ4n) is 2.62. The van der Waals surface area contributed by atoms with E-state index in [0.717, 1.165) is 37.9 Å². The lowest BCUT2D eigenvalue weighted by atomic mass is 9.81. The highest BCUT2D eigenvalue weighted by Gasteiger charge is 2.18. The normalized spacial score (nSPS) is 24.4. The molecule has 1 aliphatic rings.